The van der Waals surface area contributed by atoms with Crippen molar-refractivity contribution in [2.24, 2.45) is 0 Å². The Morgan fingerprint density at radius 3 is 2.69 bits per heavy atom. The maximum absolute atomic E-state index is 12.0. The zero-order valence-electron chi connectivity index (χ0n) is 13.9. The number of thioether (sulfide) groups is 1. The summed E-state index contributed by atoms with van der Waals surface area (Å²) in [7, 11) is 1.69. The smallest absolute Gasteiger partial charge is 0.265 e. The Morgan fingerprint density at radius 2 is 1.96 bits per heavy atom. The van der Waals surface area contributed by atoms with Crippen LogP contribution < -0.4 is 14.2 Å². The fraction of sp³-hybridized carbons (Fsp3) is 0.158. The molecule has 0 spiro atoms. The Labute approximate surface area is 160 Å². The van der Waals surface area contributed by atoms with Crippen LogP contribution >= 0.6 is 24.0 Å². The molecular weight excluding hydrogens is 370 g/mol. The number of amides is 1. The van der Waals surface area contributed by atoms with Gasteiger partial charge in [0.25, 0.3) is 5.91 Å². The first kappa shape index (κ1) is 16.9. The predicted octanol–water partition coefficient (Wildman–Crippen LogP) is 3.83. The van der Waals surface area contributed by atoms with Crippen molar-refractivity contribution in [3.8, 4) is 17.2 Å². The van der Waals surface area contributed by atoms with E-state index in [2.05, 4.69) is 0 Å². The molecule has 0 N–H and O–H groups in total. The fourth-order valence-corrected chi connectivity index (χ4v) is 3.73. The Hall–Kier alpha value is -2.51. The largest absolute Gasteiger partial charge is 0.489 e. The number of ether oxygens (including phenoxy) is 3. The number of carbonyl (C=O) groups excluding carboxylic acids is 1. The zero-order chi connectivity index (χ0) is 18.1. The van der Waals surface area contributed by atoms with Gasteiger partial charge in [-0.1, -0.05) is 42.2 Å². The molecule has 0 aromatic heterocycles. The molecule has 1 fully saturated rings. The van der Waals surface area contributed by atoms with Crippen molar-refractivity contribution in [1.29, 1.82) is 0 Å². The van der Waals surface area contributed by atoms with Crippen molar-refractivity contribution < 1.29 is 19.0 Å². The Morgan fingerprint density at radius 1 is 1.19 bits per heavy atom. The van der Waals surface area contributed by atoms with E-state index in [9.17, 15) is 4.79 Å². The summed E-state index contributed by atoms with van der Waals surface area (Å²) in [5, 5.41) is 0. The summed E-state index contributed by atoms with van der Waals surface area (Å²) in [5.74, 6) is 2.19. The lowest BCUT2D eigenvalue weighted by molar-refractivity contribution is -0.121. The Balaban J connectivity index is 1.40. The van der Waals surface area contributed by atoms with E-state index in [1.807, 2.05) is 48.5 Å². The SMILES string of the molecule is CN1C(=O)/C(=C\c2ccc(OCc3ccc4c(c3)OCO4)cc2)SC1=S. The van der Waals surface area contributed by atoms with Crippen LogP contribution in [0.3, 0.4) is 0 Å². The first-order valence-corrected chi connectivity index (χ1v) is 9.15. The number of hydrogen-bond donors (Lipinski definition) is 0. The molecule has 0 radical (unpaired) electrons. The lowest BCUT2D eigenvalue weighted by Gasteiger charge is -2.07. The molecule has 132 valence electrons. The van der Waals surface area contributed by atoms with E-state index in [1.165, 1.54) is 16.7 Å². The van der Waals surface area contributed by atoms with Crippen molar-refractivity contribution in [2.45, 2.75) is 6.61 Å². The summed E-state index contributed by atoms with van der Waals surface area (Å²) >= 11 is 6.45. The predicted molar refractivity (Wildman–Crippen MR) is 104 cm³/mol. The van der Waals surface area contributed by atoms with Gasteiger partial charge in [0.2, 0.25) is 6.79 Å². The number of thiocarbonyl (C=S) groups is 1. The number of nitrogens with zero attached hydrogens (tertiary/aromatic N) is 1. The van der Waals surface area contributed by atoms with E-state index in [0.717, 1.165) is 28.4 Å². The maximum atomic E-state index is 12.0. The van der Waals surface area contributed by atoms with Crippen molar-refractivity contribution in [3.05, 3.63) is 58.5 Å². The molecule has 26 heavy (non-hydrogen) atoms. The van der Waals surface area contributed by atoms with Gasteiger partial charge in [0.05, 0.1) is 4.91 Å². The average Bonchev–Trinajstić information content (AvgIpc) is 3.21. The first-order chi connectivity index (χ1) is 12.6. The van der Waals surface area contributed by atoms with E-state index in [0.29, 0.717) is 15.8 Å². The molecule has 1 saturated heterocycles. The molecule has 0 saturated carbocycles. The van der Waals surface area contributed by atoms with Crippen LogP contribution in [0.4, 0.5) is 0 Å². The summed E-state index contributed by atoms with van der Waals surface area (Å²) in [6, 6.07) is 13.3. The molecule has 0 bridgehead atoms. The molecular formula is C19H15NO4S2. The monoisotopic (exact) mass is 385 g/mol. The highest BCUT2D eigenvalue weighted by atomic mass is 32.2. The van der Waals surface area contributed by atoms with Crippen molar-refractivity contribution in [1.82, 2.24) is 4.90 Å². The van der Waals surface area contributed by atoms with Gasteiger partial charge >= 0.3 is 0 Å². The van der Waals surface area contributed by atoms with Gasteiger partial charge in [0.1, 0.15) is 16.7 Å². The minimum Gasteiger partial charge on any atom is -0.489 e. The standard InChI is InChI=1S/C19H15NO4S2/c1-20-18(21)17(26-19(20)25)9-12-2-5-14(6-3-12)22-10-13-4-7-15-16(8-13)24-11-23-15/h2-9H,10-11H2,1H3/b17-9+. The third-order valence-corrected chi connectivity index (χ3v) is 5.49. The van der Waals surface area contributed by atoms with E-state index >= 15 is 0 Å². The molecule has 5 nitrogen and oxygen atoms in total. The zero-order valence-corrected chi connectivity index (χ0v) is 15.6. The second-order valence-electron chi connectivity index (χ2n) is 5.79. The first-order valence-electron chi connectivity index (χ1n) is 7.93. The third kappa shape index (κ3) is 3.40. The van der Waals surface area contributed by atoms with Gasteiger partial charge in [0, 0.05) is 7.05 Å². The number of benzene rings is 2. The van der Waals surface area contributed by atoms with Gasteiger partial charge < -0.3 is 14.2 Å². The molecule has 2 aromatic rings. The van der Waals surface area contributed by atoms with Gasteiger partial charge in [-0.3, -0.25) is 9.69 Å². The Kier molecular flexibility index (Phi) is 4.57. The quantitative estimate of drug-likeness (QED) is 0.589. The minimum absolute atomic E-state index is 0.0665. The number of fused-ring (bicyclic) bond motifs is 1. The van der Waals surface area contributed by atoms with E-state index < -0.39 is 0 Å². The lowest BCUT2D eigenvalue weighted by Crippen LogP contribution is -2.22. The summed E-state index contributed by atoms with van der Waals surface area (Å²) < 4.78 is 17.1. The molecule has 4 rings (SSSR count). The lowest BCUT2D eigenvalue weighted by atomic mass is 10.2. The second-order valence-corrected chi connectivity index (χ2v) is 7.46. The van der Waals surface area contributed by atoms with Gasteiger partial charge in [-0.05, 0) is 41.5 Å². The number of rotatable bonds is 4. The fourth-order valence-electron chi connectivity index (χ4n) is 2.55. The van der Waals surface area contributed by atoms with Crippen LogP contribution in [0.5, 0.6) is 17.2 Å². The normalized spacial score (nSPS) is 17.3. The van der Waals surface area contributed by atoms with Crippen LogP contribution in [0.1, 0.15) is 11.1 Å². The molecule has 2 aliphatic rings. The molecule has 0 aliphatic carbocycles. The molecule has 7 heteroatoms. The van der Waals surface area contributed by atoms with E-state index in [1.54, 1.807) is 7.05 Å². The maximum Gasteiger partial charge on any atom is 0.265 e. The highest BCUT2D eigenvalue weighted by Crippen LogP contribution is 2.33. The minimum atomic E-state index is -0.0665. The molecule has 0 atom stereocenters. The van der Waals surface area contributed by atoms with Crippen LogP contribution in [0.2, 0.25) is 0 Å². The average molecular weight is 385 g/mol. The van der Waals surface area contributed by atoms with Crippen LogP contribution in [0.25, 0.3) is 6.08 Å². The van der Waals surface area contributed by atoms with Crippen LogP contribution in [0, 0.1) is 0 Å². The van der Waals surface area contributed by atoms with Gasteiger partial charge in [-0.25, -0.2) is 0 Å². The summed E-state index contributed by atoms with van der Waals surface area (Å²) in [5.41, 5.74) is 1.93. The van der Waals surface area contributed by atoms with Gasteiger partial charge in [-0.2, -0.15) is 0 Å². The third-order valence-electron chi connectivity index (χ3n) is 4.01. The number of carbonyl (C=O) groups is 1. The topological polar surface area (TPSA) is 48.0 Å². The van der Waals surface area contributed by atoms with Crippen molar-refractivity contribution >= 4 is 40.3 Å². The second kappa shape index (κ2) is 7.01. The summed E-state index contributed by atoms with van der Waals surface area (Å²) in [4.78, 5) is 14.1. The summed E-state index contributed by atoms with van der Waals surface area (Å²) in [6.45, 7) is 0.697. The van der Waals surface area contributed by atoms with E-state index in [-0.39, 0.29) is 12.7 Å². The van der Waals surface area contributed by atoms with Crippen molar-refractivity contribution in [3.63, 3.8) is 0 Å². The van der Waals surface area contributed by atoms with Crippen molar-refractivity contribution in [2.75, 3.05) is 13.8 Å². The molecule has 2 aliphatic heterocycles. The van der Waals surface area contributed by atoms with Gasteiger partial charge in [-0.15, -0.1) is 0 Å². The number of likely N-dealkylation sites (N-methyl/N-ethyl adjacent to an activating group) is 1. The highest BCUT2D eigenvalue weighted by molar-refractivity contribution is 8.26. The summed E-state index contributed by atoms with van der Waals surface area (Å²) in [6.07, 6.45) is 1.84. The molecule has 1 amide bonds. The van der Waals surface area contributed by atoms with Crippen LogP contribution in [-0.4, -0.2) is 29.0 Å². The van der Waals surface area contributed by atoms with Gasteiger partial charge in [0.15, 0.2) is 11.5 Å². The number of hydrogen-bond acceptors (Lipinski definition) is 6. The highest BCUT2D eigenvalue weighted by Gasteiger charge is 2.28. The molecule has 0 unspecified atom stereocenters. The Bertz CT molecular complexity index is 908. The van der Waals surface area contributed by atoms with Crippen LogP contribution in [0.15, 0.2) is 47.4 Å². The van der Waals surface area contributed by atoms with E-state index in [4.69, 9.17) is 26.4 Å². The molecule has 2 heterocycles. The molecule has 2 aromatic carbocycles. The van der Waals surface area contributed by atoms with Crippen LogP contribution in [-0.2, 0) is 11.4 Å².